The largest absolute Gasteiger partial charge is 0.369 e. The lowest BCUT2D eigenvalue weighted by molar-refractivity contribution is -0.124. The van der Waals surface area contributed by atoms with Gasteiger partial charge in [-0.1, -0.05) is 53.3 Å². The van der Waals surface area contributed by atoms with E-state index in [1.54, 1.807) is 18.0 Å². The molecule has 26 heavy (non-hydrogen) atoms. The molecule has 7 nitrogen and oxygen atoms in total. The van der Waals surface area contributed by atoms with Crippen LogP contribution in [0, 0.1) is 11.8 Å². The fraction of sp³-hybridized carbons (Fsp3) is 0.667. The molecular weight excluding hydrogens is 348 g/mol. The van der Waals surface area contributed by atoms with Gasteiger partial charge in [0.25, 0.3) is 0 Å². The van der Waals surface area contributed by atoms with Crippen LogP contribution in [0.1, 0.15) is 41.5 Å². The molecule has 0 fully saturated rings. The van der Waals surface area contributed by atoms with E-state index >= 15 is 0 Å². The Hall–Kier alpha value is -1.83. The Morgan fingerprint density at radius 1 is 1.19 bits per heavy atom. The van der Waals surface area contributed by atoms with E-state index in [9.17, 15) is 4.79 Å². The minimum Gasteiger partial charge on any atom is -0.369 e. The summed E-state index contributed by atoms with van der Waals surface area (Å²) < 4.78 is 1.84. The van der Waals surface area contributed by atoms with Gasteiger partial charge in [-0.3, -0.25) is 4.79 Å². The molecule has 1 amide bonds. The van der Waals surface area contributed by atoms with Crippen molar-refractivity contribution < 1.29 is 4.79 Å². The van der Waals surface area contributed by atoms with Crippen molar-refractivity contribution in [3.05, 3.63) is 6.20 Å². The summed E-state index contributed by atoms with van der Waals surface area (Å²) in [5.41, 5.74) is 0.799. The van der Waals surface area contributed by atoms with E-state index in [1.807, 2.05) is 18.5 Å². The number of rotatable bonds is 9. The highest BCUT2D eigenvalue weighted by atomic mass is 32.2. The van der Waals surface area contributed by atoms with E-state index in [-0.39, 0.29) is 11.8 Å². The van der Waals surface area contributed by atoms with Gasteiger partial charge in [-0.25, -0.2) is 14.6 Å². The highest BCUT2D eigenvalue weighted by molar-refractivity contribution is 7.99. The van der Waals surface area contributed by atoms with Crippen molar-refractivity contribution in [2.24, 2.45) is 11.8 Å². The van der Waals surface area contributed by atoms with Crippen molar-refractivity contribution >= 4 is 34.5 Å². The van der Waals surface area contributed by atoms with Crippen LogP contribution in [0.3, 0.4) is 0 Å². The topological polar surface area (TPSA) is 84.7 Å². The molecule has 0 saturated carbocycles. The highest BCUT2D eigenvalue weighted by Gasteiger charge is 2.15. The Labute approximate surface area is 159 Å². The number of thioether (sulfide) groups is 1. The molecule has 0 atom stereocenters. The normalized spacial score (nSPS) is 11.7. The number of carbonyl (C=O) groups excluding carboxylic acids is 1. The monoisotopic (exact) mass is 378 g/mol. The van der Waals surface area contributed by atoms with Gasteiger partial charge in [0.15, 0.2) is 10.8 Å². The van der Waals surface area contributed by atoms with Crippen molar-refractivity contribution in [1.29, 1.82) is 0 Å². The molecule has 2 aromatic rings. The molecule has 2 aromatic heterocycles. The number of anilines is 1. The summed E-state index contributed by atoms with van der Waals surface area (Å²) in [4.78, 5) is 21.1. The summed E-state index contributed by atoms with van der Waals surface area (Å²) in [5, 5.41) is 12.8. The van der Waals surface area contributed by atoms with Crippen molar-refractivity contribution in [2.45, 2.75) is 58.5 Å². The molecule has 2 rings (SSSR count). The van der Waals surface area contributed by atoms with Crippen molar-refractivity contribution in [3.8, 4) is 0 Å². The van der Waals surface area contributed by atoms with Crippen LogP contribution in [0.5, 0.6) is 0 Å². The Morgan fingerprint density at radius 2 is 1.92 bits per heavy atom. The predicted molar refractivity (Wildman–Crippen MR) is 107 cm³/mol. The van der Waals surface area contributed by atoms with Crippen molar-refractivity contribution in [3.63, 3.8) is 0 Å². The highest BCUT2D eigenvalue weighted by Crippen LogP contribution is 2.26. The molecule has 0 saturated heterocycles. The summed E-state index contributed by atoms with van der Waals surface area (Å²) in [7, 11) is 0. The molecule has 0 spiro atoms. The molecule has 2 heterocycles. The van der Waals surface area contributed by atoms with E-state index < -0.39 is 0 Å². The third-order valence-electron chi connectivity index (χ3n) is 3.64. The average molecular weight is 379 g/mol. The maximum atomic E-state index is 11.7. The van der Waals surface area contributed by atoms with Crippen LogP contribution in [0.2, 0.25) is 0 Å². The zero-order chi connectivity index (χ0) is 19.3. The first kappa shape index (κ1) is 20.5. The Morgan fingerprint density at radius 3 is 2.54 bits per heavy atom. The van der Waals surface area contributed by atoms with Crippen molar-refractivity contribution in [1.82, 2.24) is 25.1 Å². The van der Waals surface area contributed by atoms with E-state index in [0.29, 0.717) is 24.3 Å². The fourth-order valence-corrected chi connectivity index (χ4v) is 2.99. The SMILES string of the molecule is CC(C)CNc1nc(SC(C)C)nc2c1cnn2CCNC(=O)C(C)C. The standard InChI is InChI=1S/C18H30N6OS/c1-11(2)9-20-15-14-10-21-24(8-7-19-17(25)12(3)4)16(14)23-18(22-15)26-13(5)6/h10-13H,7-9H2,1-6H3,(H,19,25)(H,20,22,23). The number of amides is 1. The van der Waals surface area contributed by atoms with Crippen LogP contribution in [-0.4, -0.2) is 44.0 Å². The first-order valence-corrected chi connectivity index (χ1v) is 10.1. The molecule has 2 N–H and O–H groups in total. The molecule has 144 valence electrons. The molecule has 0 aliphatic carbocycles. The molecule has 0 bridgehead atoms. The second kappa shape index (κ2) is 9.21. The molecule has 0 unspecified atom stereocenters. The Kier molecular flexibility index (Phi) is 7.25. The van der Waals surface area contributed by atoms with Crippen LogP contribution in [0.4, 0.5) is 5.82 Å². The van der Waals surface area contributed by atoms with E-state index in [0.717, 1.165) is 28.6 Å². The molecule has 0 aromatic carbocycles. The first-order valence-electron chi connectivity index (χ1n) is 9.19. The molecule has 0 aliphatic rings. The number of carbonyl (C=O) groups is 1. The summed E-state index contributed by atoms with van der Waals surface area (Å²) in [6.07, 6.45) is 1.80. The number of aromatic nitrogens is 4. The van der Waals surface area contributed by atoms with Gasteiger partial charge in [0, 0.05) is 24.3 Å². The molecule has 8 heteroatoms. The molecule has 0 aliphatic heterocycles. The van der Waals surface area contributed by atoms with Gasteiger partial charge in [-0.15, -0.1) is 0 Å². The second-order valence-electron chi connectivity index (χ2n) is 7.35. The molecular formula is C18H30N6OS. The lowest BCUT2D eigenvalue weighted by atomic mass is 10.2. The summed E-state index contributed by atoms with van der Waals surface area (Å²) in [6, 6.07) is 0. The maximum absolute atomic E-state index is 11.7. The fourth-order valence-electron chi connectivity index (χ4n) is 2.29. The maximum Gasteiger partial charge on any atom is 0.222 e. The van der Waals surface area contributed by atoms with Crippen LogP contribution in [0.15, 0.2) is 11.4 Å². The van der Waals surface area contributed by atoms with Gasteiger partial charge < -0.3 is 10.6 Å². The second-order valence-corrected chi connectivity index (χ2v) is 8.89. The van der Waals surface area contributed by atoms with Gasteiger partial charge in [0.05, 0.1) is 18.1 Å². The number of nitrogens with zero attached hydrogens (tertiary/aromatic N) is 4. The van der Waals surface area contributed by atoms with Crippen molar-refractivity contribution in [2.75, 3.05) is 18.4 Å². The number of hydrogen-bond donors (Lipinski definition) is 2. The zero-order valence-electron chi connectivity index (χ0n) is 16.5. The van der Waals surface area contributed by atoms with Gasteiger partial charge in [-0.05, 0) is 5.92 Å². The Bertz CT molecular complexity index is 741. The van der Waals surface area contributed by atoms with Gasteiger partial charge in [0.2, 0.25) is 5.91 Å². The van der Waals surface area contributed by atoms with E-state index in [4.69, 9.17) is 4.98 Å². The van der Waals surface area contributed by atoms with Gasteiger partial charge in [-0.2, -0.15) is 5.10 Å². The smallest absolute Gasteiger partial charge is 0.222 e. The Balaban J connectivity index is 2.25. The summed E-state index contributed by atoms with van der Waals surface area (Å²) >= 11 is 1.63. The first-order chi connectivity index (χ1) is 12.3. The minimum absolute atomic E-state index is 0.0208. The molecule has 0 radical (unpaired) electrons. The van der Waals surface area contributed by atoms with Crippen LogP contribution in [0.25, 0.3) is 11.0 Å². The van der Waals surface area contributed by atoms with Crippen LogP contribution < -0.4 is 10.6 Å². The van der Waals surface area contributed by atoms with Crippen LogP contribution >= 0.6 is 11.8 Å². The lowest BCUT2D eigenvalue weighted by Crippen LogP contribution is -2.30. The lowest BCUT2D eigenvalue weighted by Gasteiger charge is -2.12. The average Bonchev–Trinajstić information content (AvgIpc) is 2.95. The number of nitrogens with one attached hydrogen (secondary N) is 2. The third-order valence-corrected chi connectivity index (χ3v) is 4.51. The number of fused-ring (bicyclic) bond motifs is 1. The summed E-state index contributed by atoms with van der Waals surface area (Å²) in [6.45, 7) is 14.3. The van der Waals surface area contributed by atoms with Crippen LogP contribution in [-0.2, 0) is 11.3 Å². The van der Waals surface area contributed by atoms with Gasteiger partial charge >= 0.3 is 0 Å². The third kappa shape index (κ3) is 5.59. The van der Waals surface area contributed by atoms with E-state index in [1.165, 1.54) is 0 Å². The van der Waals surface area contributed by atoms with Gasteiger partial charge in [0.1, 0.15) is 5.82 Å². The summed E-state index contributed by atoms with van der Waals surface area (Å²) in [5.74, 6) is 1.37. The number of hydrogen-bond acceptors (Lipinski definition) is 6. The zero-order valence-corrected chi connectivity index (χ0v) is 17.4. The van der Waals surface area contributed by atoms with E-state index in [2.05, 4.69) is 48.4 Å². The quantitative estimate of drug-likeness (QED) is 0.515. The minimum atomic E-state index is -0.0208. The predicted octanol–water partition coefficient (Wildman–Crippen LogP) is 3.17.